The molecule has 0 amide bonds. The second kappa shape index (κ2) is 36.8. The van der Waals surface area contributed by atoms with Crippen LogP contribution >= 0.6 is 0 Å². The highest BCUT2D eigenvalue weighted by Crippen LogP contribution is 2.17. The quantitative estimate of drug-likeness (QED) is 0.0359. The van der Waals surface area contributed by atoms with Crippen molar-refractivity contribution in [2.24, 2.45) is 17.8 Å². The van der Waals surface area contributed by atoms with Crippen molar-refractivity contribution < 1.29 is 28.6 Å². The Morgan fingerprint density at radius 2 is 0.686 bits per heavy atom. The first-order chi connectivity index (χ1) is 24.7. The molecule has 0 N–H and O–H groups in total. The lowest BCUT2D eigenvalue weighted by atomic mass is 9.99. The number of carbonyl (C=O) groups is 3. The van der Waals surface area contributed by atoms with Crippen LogP contribution in [-0.4, -0.2) is 37.2 Å². The zero-order valence-corrected chi connectivity index (χ0v) is 34.9. The zero-order valence-electron chi connectivity index (χ0n) is 34.9. The molecule has 0 aromatic carbocycles. The molecule has 0 aromatic heterocycles. The van der Waals surface area contributed by atoms with Crippen LogP contribution < -0.4 is 0 Å². The van der Waals surface area contributed by atoms with E-state index in [0.717, 1.165) is 75.5 Å². The van der Waals surface area contributed by atoms with Crippen LogP contribution in [0.2, 0.25) is 0 Å². The molecule has 0 rings (SSSR count). The molecule has 0 aliphatic carbocycles. The molecule has 0 fully saturated rings. The van der Waals surface area contributed by atoms with Crippen molar-refractivity contribution in [1.82, 2.24) is 0 Å². The summed E-state index contributed by atoms with van der Waals surface area (Å²) in [6, 6.07) is 0. The molecule has 0 spiro atoms. The molecule has 0 aromatic rings. The van der Waals surface area contributed by atoms with E-state index in [0.29, 0.717) is 19.3 Å². The Morgan fingerprint density at radius 3 is 1.02 bits per heavy atom. The maximum Gasteiger partial charge on any atom is 0.306 e. The fraction of sp³-hybridized carbons (Fsp3) is 0.933. The SMILES string of the molecule is CCC(C)CCCCCCCCCCCCC(=O)OC[C@@H](COC(=O)CCCCCCCCC(C)C)OC(=O)CCCCCCCCC(C)CC. The third-order valence-corrected chi connectivity index (χ3v) is 10.6. The van der Waals surface area contributed by atoms with Gasteiger partial charge >= 0.3 is 17.9 Å². The third-order valence-electron chi connectivity index (χ3n) is 10.6. The first kappa shape index (κ1) is 49.4. The fourth-order valence-corrected chi connectivity index (χ4v) is 6.46. The van der Waals surface area contributed by atoms with Gasteiger partial charge in [-0.05, 0) is 37.0 Å². The number of hydrogen-bond acceptors (Lipinski definition) is 6. The summed E-state index contributed by atoms with van der Waals surface area (Å²) in [6.45, 7) is 13.6. The Labute approximate surface area is 317 Å². The van der Waals surface area contributed by atoms with E-state index in [9.17, 15) is 14.4 Å². The molecule has 2 unspecified atom stereocenters. The standard InChI is InChI=1S/C45H86O6/c1-7-40(5)32-26-20-13-11-9-10-12-14-22-28-34-43(46)49-37-42(38-50-44(47)35-29-23-17-15-19-25-31-39(3)4)51-45(48)36-30-24-18-16-21-27-33-41(6)8-2/h39-42H,7-38H2,1-6H3/t40?,41?,42-/m0/s1. The van der Waals surface area contributed by atoms with Gasteiger partial charge in [0.1, 0.15) is 13.2 Å². The number of rotatable bonds is 38. The van der Waals surface area contributed by atoms with Gasteiger partial charge < -0.3 is 14.2 Å². The van der Waals surface area contributed by atoms with Crippen LogP contribution in [0.4, 0.5) is 0 Å². The lowest BCUT2D eigenvalue weighted by Gasteiger charge is -2.18. The minimum atomic E-state index is -0.762. The maximum absolute atomic E-state index is 12.7. The summed E-state index contributed by atoms with van der Waals surface area (Å²) >= 11 is 0. The van der Waals surface area contributed by atoms with E-state index in [1.807, 2.05) is 0 Å². The normalized spacial score (nSPS) is 13.2. The van der Waals surface area contributed by atoms with Gasteiger partial charge in [-0.1, -0.05) is 196 Å². The summed E-state index contributed by atoms with van der Waals surface area (Å²) in [6.07, 6.45) is 32.4. The van der Waals surface area contributed by atoms with Crippen molar-refractivity contribution in [3.63, 3.8) is 0 Å². The first-order valence-corrected chi connectivity index (χ1v) is 22.2. The Kier molecular flexibility index (Phi) is 35.6. The van der Waals surface area contributed by atoms with Gasteiger partial charge in [0, 0.05) is 19.3 Å². The lowest BCUT2D eigenvalue weighted by molar-refractivity contribution is -0.167. The minimum absolute atomic E-state index is 0.0677. The molecule has 3 atom stereocenters. The highest BCUT2D eigenvalue weighted by Gasteiger charge is 2.19. The maximum atomic E-state index is 12.7. The van der Waals surface area contributed by atoms with Crippen molar-refractivity contribution in [3.8, 4) is 0 Å². The van der Waals surface area contributed by atoms with E-state index in [2.05, 4.69) is 41.5 Å². The van der Waals surface area contributed by atoms with Gasteiger partial charge in [-0.3, -0.25) is 14.4 Å². The summed E-state index contributed by atoms with van der Waals surface area (Å²) in [5.74, 6) is 1.57. The molecule has 0 saturated heterocycles. The molecule has 0 bridgehead atoms. The summed E-state index contributed by atoms with van der Waals surface area (Å²) in [7, 11) is 0. The highest BCUT2D eigenvalue weighted by atomic mass is 16.6. The zero-order chi connectivity index (χ0) is 37.8. The summed E-state index contributed by atoms with van der Waals surface area (Å²) in [5.41, 5.74) is 0. The topological polar surface area (TPSA) is 78.9 Å². The Hall–Kier alpha value is -1.59. The molecule has 0 heterocycles. The van der Waals surface area contributed by atoms with Crippen LogP contribution in [0.1, 0.15) is 234 Å². The average Bonchev–Trinajstić information content (AvgIpc) is 3.11. The van der Waals surface area contributed by atoms with Crippen molar-refractivity contribution in [1.29, 1.82) is 0 Å². The smallest absolute Gasteiger partial charge is 0.306 e. The van der Waals surface area contributed by atoms with Crippen LogP contribution in [0.15, 0.2) is 0 Å². The lowest BCUT2D eigenvalue weighted by Crippen LogP contribution is -2.30. The van der Waals surface area contributed by atoms with E-state index in [1.54, 1.807) is 0 Å². The molecule has 0 saturated carbocycles. The van der Waals surface area contributed by atoms with Crippen LogP contribution in [0, 0.1) is 17.8 Å². The Balaban J connectivity index is 4.34. The van der Waals surface area contributed by atoms with Crippen molar-refractivity contribution >= 4 is 17.9 Å². The van der Waals surface area contributed by atoms with E-state index in [4.69, 9.17) is 14.2 Å². The number of unbranched alkanes of at least 4 members (excludes halogenated alkanes) is 19. The Bertz CT molecular complexity index is 796. The third kappa shape index (κ3) is 36.6. The molecule has 0 aliphatic rings. The van der Waals surface area contributed by atoms with Gasteiger partial charge in [0.15, 0.2) is 6.10 Å². The van der Waals surface area contributed by atoms with Crippen LogP contribution in [0.5, 0.6) is 0 Å². The van der Waals surface area contributed by atoms with E-state index < -0.39 is 6.10 Å². The van der Waals surface area contributed by atoms with E-state index >= 15 is 0 Å². The number of carbonyl (C=O) groups excluding carboxylic acids is 3. The Morgan fingerprint density at radius 1 is 0.392 bits per heavy atom. The van der Waals surface area contributed by atoms with Crippen LogP contribution in [0.3, 0.4) is 0 Å². The van der Waals surface area contributed by atoms with Crippen molar-refractivity contribution in [2.45, 2.75) is 240 Å². The van der Waals surface area contributed by atoms with Gasteiger partial charge in [-0.25, -0.2) is 0 Å². The van der Waals surface area contributed by atoms with Crippen LogP contribution in [-0.2, 0) is 28.6 Å². The summed E-state index contributed by atoms with van der Waals surface area (Å²) in [5, 5.41) is 0. The second-order valence-electron chi connectivity index (χ2n) is 16.3. The first-order valence-electron chi connectivity index (χ1n) is 22.2. The molecule has 6 nitrogen and oxygen atoms in total. The van der Waals surface area contributed by atoms with E-state index in [1.165, 1.54) is 116 Å². The number of esters is 3. The van der Waals surface area contributed by atoms with E-state index in [-0.39, 0.29) is 31.1 Å². The molecule has 51 heavy (non-hydrogen) atoms. The number of hydrogen-bond donors (Lipinski definition) is 0. The van der Waals surface area contributed by atoms with Gasteiger partial charge in [0.25, 0.3) is 0 Å². The summed E-state index contributed by atoms with van der Waals surface area (Å²) in [4.78, 5) is 37.6. The molecular weight excluding hydrogens is 636 g/mol. The van der Waals surface area contributed by atoms with Gasteiger partial charge in [0.2, 0.25) is 0 Å². The van der Waals surface area contributed by atoms with Crippen molar-refractivity contribution in [2.75, 3.05) is 13.2 Å². The predicted molar refractivity (Wildman–Crippen MR) is 215 cm³/mol. The fourth-order valence-electron chi connectivity index (χ4n) is 6.46. The highest BCUT2D eigenvalue weighted by molar-refractivity contribution is 5.71. The molecule has 0 aliphatic heterocycles. The molecule has 0 radical (unpaired) electrons. The minimum Gasteiger partial charge on any atom is -0.462 e. The van der Waals surface area contributed by atoms with Gasteiger partial charge in [0.05, 0.1) is 0 Å². The van der Waals surface area contributed by atoms with Gasteiger partial charge in [-0.15, -0.1) is 0 Å². The predicted octanol–water partition coefficient (Wildman–Crippen LogP) is 13.7. The van der Waals surface area contributed by atoms with Gasteiger partial charge in [-0.2, -0.15) is 0 Å². The average molecular weight is 723 g/mol. The van der Waals surface area contributed by atoms with Crippen LogP contribution in [0.25, 0.3) is 0 Å². The molecule has 6 heteroatoms. The second-order valence-corrected chi connectivity index (χ2v) is 16.3. The molecular formula is C45H86O6. The largest absolute Gasteiger partial charge is 0.462 e. The van der Waals surface area contributed by atoms with Crippen molar-refractivity contribution in [3.05, 3.63) is 0 Å². The number of ether oxygens (including phenoxy) is 3. The molecule has 302 valence electrons. The monoisotopic (exact) mass is 723 g/mol. The summed E-state index contributed by atoms with van der Waals surface area (Å²) < 4.78 is 16.7.